The third kappa shape index (κ3) is 1.86. The molecule has 0 spiro atoms. The van der Waals surface area contributed by atoms with E-state index in [1.54, 1.807) is 6.92 Å². The van der Waals surface area contributed by atoms with Gasteiger partial charge in [-0.1, -0.05) is 48.5 Å². The molecule has 3 nitrogen and oxygen atoms in total. The van der Waals surface area contributed by atoms with Crippen LogP contribution >= 0.6 is 11.8 Å². The Hall–Kier alpha value is -2.07. The summed E-state index contributed by atoms with van der Waals surface area (Å²) in [7, 11) is 0. The molecule has 24 heavy (non-hydrogen) atoms. The lowest BCUT2D eigenvalue weighted by Gasteiger charge is -2.49. The zero-order valence-electron chi connectivity index (χ0n) is 13.6. The van der Waals surface area contributed by atoms with Crippen molar-refractivity contribution in [3.8, 4) is 0 Å². The molecule has 1 atom stereocenters. The first-order valence-electron chi connectivity index (χ1n) is 8.15. The fraction of sp³-hybridized carbons (Fsp3) is 0.300. The fourth-order valence-electron chi connectivity index (χ4n) is 4.01. The van der Waals surface area contributed by atoms with Gasteiger partial charge in [-0.05, 0) is 36.1 Å². The molecule has 0 amide bonds. The predicted molar refractivity (Wildman–Crippen MR) is 94.2 cm³/mol. The fourth-order valence-corrected chi connectivity index (χ4v) is 5.78. The summed E-state index contributed by atoms with van der Waals surface area (Å²) in [5.74, 6) is -0.845. The summed E-state index contributed by atoms with van der Waals surface area (Å²) in [4.78, 5) is 25.6. The second-order valence-corrected chi connectivity index (χ2v) is 7.55. The Morgan fingerprint density at radius 2 is 1.50 bits per heavy atom. The molecule has 2 bridgehead atoms. The Bertz CT molecular complexity index is 797. The Morgan fingerprint density at radius 3 is 1.96 bits per heavy atom. The molecule has 122 valence electrons. The molecule has 0 radical (unpaired) electrons. The Kier molecular flexibility index (Phi) is 3.53. The minimum absolute atomic E-state index is 0.0179. The number of benzene rings is 2. The number of rotatable bonds is 3. The summed E-state index contributed by atoms with van der Waals surface area (Å²) in [6.07, 6.45) is 0. The van der Waals surface area contributed by atoms with Crippen LogP contribution in [0.3, 0.4) is 0 Å². The van der Waals surface area contributed by atoms with Gasteiger partial charge in [0.2, 0.25) is 0 Å². The van der Waals surface area contributed by atoms with Crippen molar-refractivity contribution in [1.82, 2.24) is 0 Å². The number of ether oxygens (including phenoxy) is 1. The number of ketones is 1. The molecule has 0 saturated carbocycles. The van der Waals surface area contributed by atoms with Gasteiger partial charge < -0.3 is 4.74 Å². The van der Waals surface area contributed by atoms with Gasteiger partial charge >= 0.3 is 5.97 Å². The molecule has 4 heteroatoms. The van der Waals surface area contributed by atoms with Gasteiger partial charge in [-0.25, -0.2) is 0 Å². The zero-order chi connectivity index (χ0) is 16.9. The van der Waals surface area contributed by atoms with Crippen LogP contribution in [0.25, 0.3) is 0 Å². The molecule has 2 aromatic carbocycles. The first-order chi connectivity index (χ1) is 11.6. The number of thioether (sulfide) groups is 1. The van der Waals surface area contributed by atoms with Crippen LogP contribution in [-0.2, 0) is 14.3 Å². The maximum Gasteiger partial charge on any atom is 0.330 e. The van der Waals surface area contributed by atoms with Crippen LogP contribution in [0.15, 0.2) is 48.5 Å². The Balaban J connectivity index is 2.01. The molecule has 2 heterocycles. The quantitative estimate of drug-likeness (QED) is 0.630. The van der Waals surface area contributed by atoms with E-state index < -0.39 is 10.7 Å². The normalized spacial score (nSPS) is 26.4. The topological polar surface area (TPSA) is 43.4 Å². The van der Waals surface area contributed by atoms with E-state index in [0.29, 0.717) is 0 Å². The first-order valence-corrected chi connectivity index (χ1v) is 9.03. The number of fused-ring (bicyclic) bond motifs is 1. The van der Waals surface area contributed by atoms with E-state index in [9.17, 15) is 9.59 Å². The van der Waals surface area contributed by atoms with E-state index in [1.165, 1.54) is 29.8 Å². The Labute approximate surface area is 145 Å². The van der Waals surface area contributed by atoms with E-state index >= 15 is 0 Å². The maximum absolute atomic E-state index is 12.9. The highest BCUT2D eigenvalue weighted by Gasteiger charge is 2.61. The molecule has 2 aromatic rings. The zero-order valence-corrected chi connectivity index (χ0v) is 14.4. The second kappa shape index (κ2) is 5.49. The summed E-state index contributed by atoms with van der Waals surface area (Å²) < 4.78 is 4.16. The predicted octanol–water partition coefficient (Wildman–Crippen LogP) is 3.86. The molecule has 0 saturated heterocycles. The minimum atomic E-state index is -1.19. The summed E-state index contributed by atoms with van der Waals surface area (Å²) >= 11 is 1.45. The lowest BCUT2D eigenvalue weighted by atomic mass is 9.69. The third-order valence-corrected chi connectivity index (χ3v) is 6.80. The molecule has 0 N–H and O–H groups in total. The molecule has 1 aliphatic carbocycles. The van der Waals surface area contributed by atoms with Crippen molar-refractivity contribution in [3.63, 3.8) is 0 Å². The highest BCUT2D eigenvalue weighted by Crippen LogP contribution is 2.64. The average Bonchev–Trinajstić information content (AvgIpc) is 2.61. The van der Waals surface area contributed by atoms with Crippen LogP contribution in [-0.4, -0.2) is 23.1 Å². The van der Waals surface area contributed by atoms with E-state index in [4.69, 9.17) is 4.74 Å². The smallest absolute Gasteiger partial charge is 0.330 e. The van der Waals surface area contributed by atoms with Gasteiger partial charge in [0.05, 0.1) is 11.9 Å². The average molecular weight is 338 g/mol. The number of hydrogen-bond donors (Lipinski definition) is 0. The monoisotopic (exact) mass is 338 g/mol. The van der Waals surface area contributed by atoms with Crippen LogP contribution < -0.4 is 0 Å². The summed E-state index contributed by atoms with van der Waals surface area (Å²) in [6.45, 7) is 3.56. The molecule has 3 aliphatic rings. The van der Waals surface area contributed by atoms with E-state index in [0.717, 1.165) is 11.1 Å². The van der Waals surface area contributed by atoms with E-state index in [2.05, 4.69) is 12.1 Å². The van der Waals surface area contributed by atoms with Gasteiger partial charge in [-0.3, -0.25) is 9.59 Å². The summed E-state index contributed by atoms with van der Waals surface area (Å²) in [5, 5.41) is -0.0179. The minimum Gasteiger partial charge on any atom is -0.465 e. The maximum atomic E-state index is 12.9. The molecule has 0 fully saturated rings. The molecule has 2 aliphatic heterocycles. The van der Waals surface area contributed by atoms with E-state index in [-0.39, 0.29) is 23.6 Å². The van der Waals surface area contributed by atoms with Gasteiger partial charge in [-0.15, -0.1) is 11.8 Å². The van der Waals surface area contributed by atoms with Crippen molar-refractivity contribution in [2.24, 2.45) is 0 Å². The highest BCUT2D eigenvalue weighted by atomic mass is 32.2. The highest BCUT2D eigenvalue weighted by molar-refractivity contribution is 8.02. The van der Waals surface area contributed by atoms with Crippen LogP contribution in [0, 0.1) is 0 Å². The van der Waals surface area contributed by atoms with Crippen molar-refractivity contribution in [3.05, 3.63) is 70.8 Å². The van der Waals surface area contributed by atoms with Gasteiger partial charge in [0.1, 0.15) is 0 Å². The van der Waals surface area contributed by atoms with Crippen molar-refractivity contribution < 1.29 is 14.3 Å². The number of Topliss-reactive ketones (excluding diaryl/α,β-unsaturated/α-hetero) is 1. The third-order valence-electron chi connectivity index (χ3n) is 4.99. The number of carbonyl (C=O) groups is 2. The first kappa shape index (κ1) is 15.5. The standard InChI is InChI=1S/C20H18O3S/c1-3-23-19(22)20(12(2)21)17-13-8-4-6-10-15(13)18(24-20)16-11-7-5-9-14(16)17/h4-11,17-18H,3H2,1-2H3. The van der Waals surface area contributed by atoms with Crippen molar-refractivity contribution in [2.45, 2.75) is 29.8 Å². The lowest BCUT2D eigenvalue weighted by Crippen LogP contribution is -2.54. The van der Waals surface area contributed by atoms with Gasteiger partial charge in [0.15, 0.2) is 10.5 Å². The number of hydrogen-bond acceptors (Lipinski definition) is 4. The van der Waals surface area contributed by atoms with Crippen LogP contribution in [0.1, 0.15) is 47.3 Å². The largest absolute Gasteiger partial charge is 0.465 e. The van der Waals surface area contributed by atoms with Crippen LogP contribution in [0.4, 0.5) is 0 Å². The number of esters is 1. The summed E-state index contributed by atoms with van der Waals surface area (Å²) in [5.41, 5.74) is 4.55. The molecule has 0 aromatic heterocycles. The van der Waals surface area contributed by atoms with Crippen LogP contribution in [0.5, 0.6) is 0 Å². The molecular formula is C20H18O3S. The second-order valence-electron chi connectivity index (χ2n) is 6.20. The lowest BCUT2D eigenvalue weighted by molar-refractivity contribution is -0.149. The SMILES string of the molecule is CCOC(=O)C1(C(C)=O)SC2c3ccccc3C1c1ccccc12. The Morgan fingerprint density at radius 1 is 1.00 bits per heavy atom. The molecule has 1 unspecified atom stereocenters. The van der Waals surface area contributed by atoms with E-state index in [1.807, 2.05) is 36.4 Å². The van der Waals surface area contributed by atoms with Crippen molar-refractivity contribution in [1.29, 1.82) is 0 Å². The van der Waals surface area contributed by atoms with Crippen molar-refractivity contribution >= 4 is 23.5 Å². The van der Waals surface area contributed by atoms with Gasteiger partial charge in [0.25, 0.3) is 0 Å². The van der Waals surface area contributed by atoms with Crippen LogP contribution in [0.2, 0.25) is 0 Å². The van der Waals surface area contributed by atoms with Crippen molar-refractivity contribution in [2.75, 3.05) is 6.61 Å². The molecule has 5 rings (SSSR count). The number of carbonyl (C=O) groups excluding carboxylic acids is 2. The van der Waals surface area contributed by atoms with Gasteiger partial charge in [0, 0.05) is 5.92 Å². The van der Waals surface area contributed by atoms with Gasteiger partial charge in [-0.2, -0.15) is 0 Å². The summed E-state index contributed by atoms with van der Waals surface area (Å²) in [6, 6.07) is 16.3. The molecular weight excluding hydrogens is 320 g/mol.